The largest absolute Gasteiger partial charge is 0.481 e. The Morgan fingerprint density at radius 2 is 2.04 bits per heavy atom. The molecule has 3 rings (SSSR count). The quantitative estimate of drug-likeness (QED) is 0.846. The van der Waals surface area contributed by atoms with E-state index in [1.807, 2.05) is 57.3 Å². The highest BCUT2D eigenvalue weighted by Gasteiger charge is 2.65. The van der Waals surface area contributed by atoms with Crippen molar-refractivity contribution in [3.05, 3.63) is 47.7 Å². The van der Waals surface area contributed by atoms with Gasteiger partial charge in [-0.25, -0.2) is 0 Å². The van der Waals surface area contributed by atoms with Crippen LogP contribution in [0.1, 0.15) is 31.4 Å². The van der Waals surface area contributed by atoms with E-state index in [-0.39, 0.29) is 11.8 Å². The second kappa shape index (κ2) is 6.35. The van der Waals surface area contributed by atoms with Crippen LogP contribution in [-0.4, -0.2) is 26.8 Å². The van der Waals surface area contributed by atoms with E-state index in [0.29, 0.717) is 18.8 Å². The van der Waals surface area contributed by atoms with E-state index < -0.39 is 17.3 Å². The van der Waals surface area contributed by atoms with Gasteiger partial charge in [-0.1, -0.05) is 44.2 Å². The molecule has 0 bridgehead atoms. The number of carboxylic acid groups (broad SMARTS) is 1. The number of carbonyl (C=O) groups excluding carboxylic acids is 1. The Hall–Kier alpha value is -2.63. The number of nitrogens with zero attached hydrogens (tertiary/aromatic N) is 2. The molecule has 0 radical (unpaired) electrons. The number of carbonyl (C=O) groups is 2. The summed E-state index contributed by atoms with van der Waals surface area (Å²) < 4.78 is 1.78. The van der Waals surface area contributed by atoms with E-state index in [1.165, 1.54) is 0 Å². The van der Waals surface area contributed by atoms with Crippen molar-refractivity contribution in [2.24, 2.45) is 17.3 Å². The SMILES string of the molecule is Cc1cn(Cc2ccccc2)nc1NC(=O)[C@@H]1C[C@@]1(C(=O)O)C(C)C. The van der Waals surface area contributed by atoms with Crippen LogP contribution in [-0.2, 0) is 16.1 Å². The molecule has 132 valence electrons. The molecule has 1 aromatic heterocycles. The van der Waals surface area contributed by atoms with E-state index in [4.69, 9.17) is 0 Å². The van der Waals surface area contributed by atoms with Gasteiger partial charge in [0.25, 0.3) is 0 Å². The van der Waals surface area contributed by atoms with Crippen LogP contribution >= 0.6 is 0 Å². The van der Waals surface area contributed by atoms with Crippen molar-refractivity contribution in [2.45, 2.75) is 33.7 Å². The molecule has 6 heteroatoms. The molecule has 1 amide bonds. The average molecular weight is 341 g/mol. The van der Waals surface area contributed by atoms with Crippen LogP contribution < -0.4 is 5.32 Å². The molecule has 1 aromatic carbocycles. The molecule has 0 spiro atoms. The zero-order chi connectivity index (χ0) is 18.2. The molecular weight excluding hydrogens is 318 g/mol. The number of amides is 1. The van der Waals surface area contributed by atoms with Crippen LogP contribution in [0.2, 0.25) is 0 Å². The number of nitrogens with one attached hydrogen (secondary N) is 1. The van der Waals surface area contributed by atoms with E-state index >= 15 is 0 Å². The Morgan fingerprint density at radius 1 is 1.36 bits per heavy atom. The Kier molecular flexibility index (Phi) is 4.37. The van der Waals surface area contributed by atoms with Gasteiger partial charge < -0.3 is 10.4 Å². The zero-order valence-electron chi connectivity index (χ0n) is 14.7. The first-order chi connectivity index (χ1) is 11.8. The summed E-state index contributed by atoms with van der Waals surface area (Å²) in [6.07, 6.45) is 2.26. The first kappa shape index (κ1) is 17.2. The van der Waals surface area contributed by atoms with Gasteiger partial charge in [0.15, 0.2) is 5.82 Å². The lowest BCUT2D eigenvalue weighted by atomic mass is 9.89. The molecule has 0 unspecified atom stereocenters. The summed E-state index contributed by atoms with van der Waals surface area (Å²) in [5.74, 6) is -1.24. The van der Waals surface area contributed by atoms with Crippen molar-refractivity contribution < 1.29 is 14.7 Å². The predicted molar refractivity (Wildman–Crippen MR) is 94.2 cm³/mol. The minimum Gasteiger partial charge on any atom is -0.481 e. The predicted octanol–water partition coefficient (Wildman–Crippen LogP) is 2.93. The molecule has 2 N–H and O–H groups in total. The van der Waals surface area contributed by atoms with Gasteiger partial charge in [-0.3, -0.25) is 14.3 Å². The molecule has 0 saturated heterocycles. The Morgan fingerprint density at radius 3 is 2.60 bits per heavy atom. The summed E-state index contributed by atoms with van der Waals surface area (Å²) in [4.78, 5) is 24.1. The average Bonchev–Trinajstić information content (AvgIpc) is 3.24. The summed E-state index contributed by atoms with van der Waals surface area (Å²) in [5.41, 5.74) is 1.04. The number of anilines is 1. The van der Waals surface area contributed by atoms with Crippen LogP contribution in [0.4, 0.5) is 5.82 Å². The monoisotopic (exact) mass is 341 g/mol. The molecule has 0 aliphatic heterocycles. The molecule has 1 aliphatic carbocycles. The summed E-state index contributed by atoms with van der Waals surface area (Å²) in [6.45, 7) is 6.19. The van der Waals surface area contributed by atoms with Crippen molar-refractivity contribution in [1.82, 2.24) is 9.78 Å². The summed E-state index contributed by atoms with van der Waals surface area (Å²) in [5, 5.41) is 16.7. The number of aliphatic carboxylic acids is 1. The molecule has 25 heavy (non-hydrogen) atoms. The van der Waals surface area contributed by atoms with Gasteiger partial charge in [-0.2, -0.15) is 5.10 Å². The number of aryl methyl sites for hydroxylation is 1. The van der Waals surface area contributed by atoms with Crippen molar-refractivity contribution in [1.29, 1.82) is 0 Å². The molecule has 1 saturated carbocycles. The van der Waals surface area contributed by atoms with Gasteiger partial charge in [-0.15, -0.1) is 0 Å². The summed E-state index contributed by atoms with van der Waals surface area (Å²) in [6, 6.07) is 9.94. The van der Waals surface area contributed by atoms with Crippen molar-refractivity contribution in [3.8, 4) is 0 Å². The first-order valence-electron chi connectivity index (χ1n) is 8.47. The summed E-state index contributed by atoms with van der Waals surface area (Å²) >= 11 is 0. The number of carboxylic acids is 1. The second-order valence-corrected chi connectivity index (χ2v) is 7.09. The van der Waals surface area contributed by atoms with Crippen LogP contribution in [0.5, 0.6) is 0 Å². The number of hydrogen-bond acceptors (Lipinski definition) is 3. The minimum atomic E-state index is -0.940. The molecular formula is C19H23N3O3. The first-order valence-corrected chi connectivity index (χ1v) is 8.47. The maximum absolute atomic E-state index is 12.5. The van der Waals surface area contributed by atoms with Crippen molar-refractivity contribution in [3.63, 3.8) is 0 Å². The van der Waals surface area contributed by atoms with E-state index in [2.05, 4.69) is 10.4 Å². The van der Waals surface area contributed by atoms with Gasteiger partial charge >= 0.3 is 5.97 Å². The van der Waals surface area contributed by atoms with Gasteiger partial charge in [0.05, 0.1) is 17.9 Å². The van der Waals surface area contributed by atoms with Gasteiger partial charge in [-0.05, 0) is 24.8 Å². The number of hydrogen-bond donors (Lipinski definition) is 2. The molecule has 1 heterocycles. The standard InChI is InChI=1S/C19H23N3O3/c1-12(2)19(18(24)25)9-15(19)17(23)20-16-13(3)10-22(21-16)11-14-7-5-4-6-8-14/h4-8,10,12,15H,9,11H2,1-3H3,(H,24,25)(H,20,21,23)/t15-,19+/m0/s1. The normalized spacial score (nSPS) is 22.0. The third kappa shape index (κ3) is 3.16. The molecule has 2 atom stereocenters. The minimum absolute atomic E-state index is 0.0857. The lowest BCUT2D eigenvalue weighted by Crippen LogP contribution is -2.29. The van der Waals surface area contributed by atoms with Crippen LogP contribution in [0.15, 0.2) is 36.5 Å². The Balaban J connectivity index is 1.70. The zero-order valence-corrected chi connectivity index (χ0v) is 14.7. The smallest absolute Gasteiger partial charge is 0.310 e. The van der Waals surface area contributed by atoms with Gasteiger partial charge in [0, 0.05) is 11.8 Å². The van der Waals surface area contributed by atoms with E-state index in [0.717, 1.165) is 11.1 Å². The van der Waals surface area contributed by atoms with Gasteiger partial charge in [0.2, 0.25) is 5.91 Å². The summed E-state index contributed by atoms with van der Waals surface area (Å²) in [7, 11) is 0. The van der Waals surface area contributed by atoms with Crippen molar-refractivity contribution >= 4 is 17.7 Å². The molecule has 1 aliphatic rings. The highest BCUT2D eigenvalue weighted by atomic mass is 16.4. The lowest BCUT2D eigenvalue weighted by Gasteiger charge is -2.16. The molecule has 2 aromatic rings. The van der Waals surface area contributed by atoms with Crippen molar-refractivity contribution in [2.75, 3.05) is 5.32 Å². The fraction of sp³-hybridized carbons (Fsp3) is 0.421. The maximum Gasteiger partial charge on any atom is 0.310 e. The topological polar surface area (TPSA) is 84.2 Å². The second-order valence-electron chi connectivity index (χ2n) is 7.09. The lowest BCUT2D eigenvalue weighted by molar-refractivity contribution is -0.147. The van der Waals surface area contributed by atoms with Crippen LogP contribution in [0.25, 0.3) is 0 Å². The fourth-order valence-corrected chi connectivity index (χ4v) is 3.43. The van der Waals surface area contributed by atoms with E-state index in [9.17, 15) is 14.7 Å². The maximum atomic E-state index is 12.5. The number of aromatic nitrogens is 2. The third-order valence-electron chi connectivity index (χ3n) is 5.12. The Bertz CT molecular complexity index is 798. The molecule has 6 nitrogen and oxygen atoms in total. The molecule has 1 fully saturated rings. The Labute approximate surface area is 146 Å². The van der Waals surface area contributed by atoms with E-state index in [1.54, 1.807) is 4.68 Å². The number of rotatable bonds is 6. The highest BCUT2D eigenvalue weighted by molar-refractivity contribution is 6.00. The highest BCUT2D eigenvalue weighted by Crippen LogP contribution is 2.58. The number of benzene rings is 1. The van der Waals surface area contributed by atoms with Crippen LogP contribution in [0, 0.1) is 24.2 Å². The van der Waals surface area contributed by atoms with Gasteiger partial charge in [0.1, 0.15) is 0 Å². The third-order valence-corrected chi connectivity index (χ3v) is 5.12. The fourth-order valence-electron chi connectivity index (χ4n) is 3.43. The van der Waals surface area contributed by atoms with Crippen LogP contribution in [0.3, 0.4) is 0 Å².